The molecular formula is C11H19Cl2N3O. The summed E-state index contributed by atoms with van der Waals surface area (Å²) in [6.07, 6.45) is 0.0960. The van der Waals surface area contributed by atoms with Gasteiger partial charge in [-0.15, -0.1) is 24.8 Å². The second-order valence-corrected chi connectivity index (χ2v) is 3.88. The maximum absolute atomic E-state index is 5.66. The van der Waals surface area contributed by atoms with Crippen LogP contribution in [0.4, 0.5) is 5.82 Å². The minimum Gasteiger partial charge on any atom is -0.369 e. The van der Waals surface area contributed by atoms with Crippen LogP contribution in [0.3, 0.4) is 0 Å². The monoisotopic (exact) mass is 279 g/mol. The smallest absolute Gasteiger partial charge is 0.128 e. The fourth-order valence-electron chi connectivity index (χ4n) is 1.62. The summed E-state index contributed by atoms with van der Waals surface area (Å²) in [6, 6.07) is 6.04. The van der Waals surface area contributed by atoms with E-state index in [1.165, 1.54) is 0 Å². The van der Waals surface area contributed by atoms with Gasteiger partial charge in [-0.1, -0.05) is 6.07 Å². The predicted octanol–water partition coefficient (Wildman–Crippen LogP) is 1.65. The van der Waals surface area contributed by atoms with E-state index in [0.29, 0.717) is 0 Å². The molecule has 1 aromatic rings. The van der Waals surface area contributed by atoms with Gasteiger partial charge in [-0.3, -0.25) is 0 Å². The largest absolute Gasteiger partial charge is 0.369 e. The molecule has 1 N–H and O–H groups in total. The Bertz CT molecular complexity index is 330. The number of pyridine rings is 1. The molecule has 0 amide bonds. The summed E-state index contributed by atoms with van der Waals surface area (Å²) in [6.45, 7) is 2.55. The van der Waals surface area contributed by atoms with Crippen molar-refractivity contribution in [2.75, 3.05) is 38.7 Å². The van der Waals surface area contributed by atoms with Crippen molar-refractivity contribution < 1.29 is 4.74 Å². The van der Waals surface area contributed by atoms with E-state index in [1.54, 1.807) is 0 Å². The van der Waals surface area contributed by atoms with Gasteiger partial charge in [-0.2, -0.15) is 0 Å². The molecule has 1 aliphatic heterocycles. The molecule has 1 atom stereocenters. The molecule has 0 saturated carbocycles. The van der Waals surface area contributed by atoms with Crippen LogP contribution in [0, 0.1) is 0 Å². The van der Waals surface area contributed by atoms with E-state index in [9.17, 15) is 0 Å². The Kier molecular flexibility index (Phi) is 7.46. The number of morpholine rings is 1. The standard InChI is InChI=1S/C11H17N3O.2ClH/c1-14(2)11-5-3-4-9(13-11)10-8-12-6-7-15-10;;/h3-5,10,12H,6-8H2,1-2H3;2*1H. The molecule has 1 fully saturated rings. The Morgan fingerprint density at radius 2 is 2.12 bits per heavy atom. The normalized spacial score (nSPS) is 18.8. The summed E-state index contributed by atoms with van der Waals surface area (Å²) in [4.78, 5) is 6.56. The molecule has 98 valence electrons. The number of ether oxygens (including phenoxy) is 1. The highest BCUT2D eigenvalue weighted by atomic mass is 35.5. The second kappa shape index (κ2) is 7.71. The highest BCUT2D eigenvalue weighted by molar-refractivity contribution is 5.85. The number of hydrogen-bond donors (Lipinski definition) is 1. The molecule has 6 heteroatoms. The van der Waals surface area contributed by atoms with E-state index < -0.39 is 0 Å². The Balaban J connectivity index is 0.00000128. The molecule has 1 unspecified atom stereocenters. The molecule has 4 nitrogen and oxygen atoms in total. The van der Waals surface area contributed by atoms with Crippen molar-refractivity contribution in [2.45, 2.75) is 6.10 Å². The first-order chi connectivity index (χ1) is 7.27. The van der Waals surface area contributed by atoms with Crippen molar-refractivity contribution in [3.63, 3.8) is 0 Å². The van der Waals surface area contributed by atoms with Crippen LogP contribution in [0.5, 0.6) is 0 Å². The van der Waals surface area contributed by atoms with Gasteiger partial charge in [0.05, 0.1) is 12.3 Å². The topological polar surface area (TPSA) is 37.4 Å². The van der Waals surface area contributed by atoms with Gasteiger partial charge in [-0.25, -0.2) is 4.98 Å². The third-order valence-electron chi connectivity index (χ3n) is 2.47. The SMILES string of the molecule is CN(C)c1cccc(C2CNCCO2)n1.Cl.Cl. The van der Waals surface area contributed by atoms with Gasteiger partial charge in [0.2, 0.25) is 0 Å². The average molecular weight is 280 g/mol. The van der Waals surface area contributed by atoms with Crippen LogP contribution in [0.1, 0.15) is 11.8 Å². The third-order valence-corrected chi connectivity index (χ3v) is 2.47. The lowest BCUT2D eigenvalue weighted by molar-refractivity contribution is 0.0251. The van der Waals surface area contributed by atoms with Gasteiger partial charge >= 0.3 is 0 Å². The minimum absolute atomic E-state index is 0. The summed E-state index contributed by atoms with van der Waals surface area (Å²) in [7, 11) is 3.98. The van der Waals surface area contributed by atoms with Gasteiger partial charge in [0.15, 0.2) is 0 Å². The molecule has 1 aromatic heterocycles. The predicted molar refractivity (Wildman–Crippen MR) is 74.6 cm³/mol. The van der Waals surface area contributed by atoms with Gasteiger partial charge in [-0.05, 0) is 12.1 Å². The second-order valence-electron chi connectivity index (χ2n) is 3.88. The zero-order valence-corrected chi connectivity index (χ0v) is 11.7. The molecular weight excluding hydrogens is 261 g/mol. The van der Waals surface area contributed by atoms with E-state index in [-0.39, 0.29) is 30.9 Å². The molecule has 0 aromatic carbocycles. The summed E-state index contributed by atoms with van der Waals surface area (Å²) in [5, 5.41) is 3.30. The van der Waals surface area contributed by atoms with Crippen LogP contribution in [0.25, 0.3) is 0 Å². The maximum Gasteiger partial charge on any atom is 0.128 e. The number of rotatable bonds is 2. The Hall–Kier alpha value is -0.550. The van der Waals surface area contributed by atoms with Crippen LogP contribution >= 0.6 is 24.8 Å². The number of nitrogens with zero attached hydrogens (tertiary/aromatic N) is 2. The van der Waals surface area contributed by atoms with Crippen LogP contribution in [0.15, 0.2) is 18.2 Å². The van der Waals surface area contributed by atoms with E-state index in [1.807, 2.05) is 37.2 Å². The van der Waals surface area contributed by atoms with Gasteiger partial charge in [0.25, 0.3) is 0 Å². The van der Waals surface area contributed by atoms with E-state index in [0.717, 1.165) is 31.2 Å². The Morgan fingerprint density at radius 3 is 2.71 bits per heavy atom. The van der Waals surface area contributed by atoms with Gasteiger partial charge in [0.1, 0.15) is 11.9 Å². The van der Waals surface area contributed by atoms with Crippen LogP contribution in [-0.2, 0) is 4.74 Å². The number of nitrogens with one attached hydrogen (secondary N) is 1. The lowest BCUT2D eigenvalue weighted by Gasteiger charge is -2.24. The zero-order chi connectivity index (χ0) is 10.7. The zero-order valence-electron chi connectivity index (χ0n) is 10.0. The van der Waals surface area contributed by atoms with Crippen molar-refractivity contribution in [3.8, 4) is 0 Å². The molecule has 1 saturated heterocycles. The maximum atomic E-state index is 5.66. The molecule has 0 aliphatic carbocycles. The fourth-order valence-corrected chi connectivity index (χ4v) is 1.62. The van der Waals surface area contributed by atoms with E-state index in [4.69, 9.17) is 4.74 Å². The molecule has 2 heterocycles. The molecule has 1 aliphatic rings. The van der Waals surface area contributed by atoms with Crippen LogP contribution in [-0.4, -0.2) is 38.8 Å². The molecule has 2 rings (SSSR count). The summed E-state index contributed by atoms with van der Waals surface area (Å²) in [5.74, 6) is 0.974. The first-order valence-electron chi connectivity index (χ1n) is 5.24. The number of anilines is 1. The number of halogens is 2. The number of aromatic nitrogens is 1. The van der Waals surface area contributed by atoms with Gasteiger partial charge < -0.3 is 15.0 Å². The first kappa shape index (κ1) is 16.4. The van der Waals surface area contributed by atoms with Gasteiger partial charge in [0, 0.05) is 27.2 Å². The molecule has 17 heavy (non-hydrogen) atoms. The molecule has 0 bridgehead atoms. The van der Waals surface area contributed by atoms with Crippen LogP contribution < -0.4 is 10.2 Å². The van der Waals surface area contributed by atoms with E-state index >= 15 is 0 Å². The fraction of sp³-hybridized carbons (Fsp3) is 0.545. The number of hydrogen-bond acceptors (Lipinski definition) is 4. The van der Waals surface area contributed by atoms with Crippen molar-refractivity contribution in [2.24, 2.45) is 0 Å². The lowest BCUT2D eigenvalue weighted by Crippen LogP contribution is -2.33. The third kappa shape index (κ3) is 4.32. The minimum atomic E-state index is 0. The van der Waals surface area contributed by atoms with Crippen molar-refractivity contribution in [1.82, 2.24) is 10.3 Å². The Labute approximate surface area is 115 Å². The molecule has 0 radical (unpaired) electrons. The van der Waals surface area contributed by atoms with E-state index in [2.05, 4.69) is 10.3 Å². The molecule has 0 spiro atoms. The average Bonchev–Trinajstić information content (AvgIpc) is 2.30. The quantitative estimate of drug-likeness (QED) is 0.894. The van der Waals surface area contributed by atoms with Crippen molar-refractivity contribution in [1.29, 1.82) is 0 Å². The van der Waals surface area contributed by atoms with Crippen molar-refractivity contribution in [3.05, 3.63) is 23.9 Å². The highest BCUT2D eigenvalue weighted by Crippen LogP contribution is 2.18. The summed E-state index contributed by atoms with van der Waals surface area (Å²) in [5.41, 5.74) is 1.01. The lowest BCUT2D eigenvalue weighted by atomic mass is 10.2. The first-order valence-corrected chi connectivity index (χ1v) is 5.24. The summed E-state index contributed by atoms with van der Waals surface area (Å²) >= 11 is 0. The highest BCUT2D eigenvalue weighted by Gasteiger charge is 2.17. The van der Waals surface area contributed by atoms with Crippen molar-refractivity contribution >= 4 is 30.6 Å². The van der Waals surface area contributed by atoms with Crippen LogP contribution in [0.2, 0.25) is 0 Å². The summed E-state index contributed by atoms with van der Waals surface area (Å²) < 4.78 is 5.66. The Morgan fingerprint density at radius 1 is 1.35 bits per heavy atom.